The molecule has 0 aromatic carbocycles. The second kappa shape index (κ2) is 4.31. The molecule has 1 atom stereocenters. The number of nitrogens with zero attached hydrogens (tertiary/aromatic N) is 1. The van der Waals surface area contributed by atoms with Crippen LogP contribution in [0.4, 0.5) is 0 Å². The first-order valence-electron chi connectivity index (χ1n) is 8.14. The van der Waals surface area contributed by atoms with Gasteiger partial charge in [0.15, 0.2) is 0 Å². The van der Waals surface area contributed by atoms with Crippen LogP contribution >= 0.6 is 11.3 Å². The van der Waals surface area contributed by atoms with E-state index in [4.69, 9.17) is 4.98 Å². The van der Waals surface area contributed by atoms with Crippen LogP contribution in [0.5, 0.6) is 0 Å². The van der Waals surface area contributed by atoms with E-state index in [9.17, 15) is 0 Å². The third kappa shape index (κ3) is 1.90. The molecule has 1 unspecified atom stereocenters. The highest BCUT2D eigenvalue weighted by atomic mass is 32.1. The van der Waals surface area contributed by atoms with Crippen LogP contribution in [-0.2, 0) is 5.41 Å². The Morgan fingerprint density at radius 2 is 1.79 bits per heavy atom. The van der Waals surface area contributed by atoms with E-state index < -0.39 is 0 Å². The molecule has 0 N–H and O–H groups in total. The van der Waals surface area contributed by atoms with Gasteiger partial charge in [-0.25, -0.2) is 4.98 Å². The lowest BCUT2D eigenvalue weighted by molar-refractivity contribution is -0.00535. The number of thiazole rings is 1. The zero-order chi connectivity index (χ0) is 13.0. The lowest BCUT2D eigenvalue weighted by Crippen LogP contribution is -2.48. The van der Waals surface area contributed by atoms with Gasteiger partial charge in [0.2, 0.25) is 0 Å². The van der Waals surface area contributed by atoms with Crippen LogP contribution in [-0.4, -0.2) is 4.98 Å². The summed E-state index contributed by atoms with van der Waals surface area (Å²) in [5.41, 5.74) is 1.86. The molecule has 0 amide bonds. The predicted octanol–water partition coefficient (Wildman–Crippen LogP) is 5.12. The molecule has 4 aliphatic rings. The van der Waals surface area contributed by atoms with Crippen LogP contribution in [0.25, 0.3) is 0 Å². The van der Waals surface area contributed by atoms with Crippen molar-refractivity contribution in [1.82, 2.24) is 4.98 Å². The van der Waals surface area contributed by atoms with Gasteiger partial charge in [-0.15, -0.1) is 11.3 Å². The molecule has 0 aliphatic heterocycles. The molecule has 5 rings (SSSR count). The lowest BCUT2D eigenvalue weighted by atomic mass is 9.50. The fourth-order valence-corrected chi connectivity index (χ4v) is 6.51. The van der Waals surface area contributed by atoms with Gasteiger partial charge in [0.25, 0.3) is 0 Å². The highest BCUT2D eigenvalue weighted by Crippen LogP contribution is 2.61. The third-order valence-electron chi connectivity index (χ3n) is 6.13. The summed E-state index contributed by atoms with van der Waals surface area (Å²) in [6.07, 6.45) is 10.2. The molecule has 0 spiro atoms. The molecule has 1 nitrogen and oxygen atoms in total. The van der Waals surface area contributed by atoms with E-state index in [0.717, 1.165) is 17.8 Å². The van der Waals surface area contributed by atoms with E-state index in [1.165, 1.54) is 55.6 Å². The molecule has 4 bridgehead atoms. The van der Waals surface area contributed by atoms with Crippen molar-refractivity contribution >= 4 is 11.3 Å². The van der Waals surface area contributed by atoms with Crippen LogP contribution in [0.3, 0.4) is 0 Å². The largest absolute Gasteiger partial charge is 0.245 e. The molecular formula is C17H25NS. The van der Waals surface area contributed by atoms with Gasteiger partial charge in [0.1, 0.15) is 0 Å². The molecule has 1 aromatic rings. The van der Waals surface area contributed by atoms with Crippen LogP contribution in [0, 0.1) is 17.8 Å². The molecule has 1 aromatic heterocycles. The Bertz CT molecular complexity index is 440. The van der Waals surface area contributed by atoms with Crippen molar-refractivity contribution in [3.8, 4) is 0 Å². The predicted molar refractivity (Wildman–Crippen MR) is 80.7 cm³/mol. The minimum absolute atomic E-state index is 0.505. The molecular weight excluding hydrogens is 250 g/mol. The zero-order valence-corrected chi connectivity index (χ0v) is 13.0. The van der Waals surface area contributed by atoms with Crippen LogP contribution in [0.15, 0.2) is 5.38 Å². The van der Waals surface area contributed by atoms with Gasteiger partial charge in [-0.3, -0.25) is 0 Å². The summed E-state index contributed by atoms with van der Waals surface area (Å²) in [6, 6.07) is 0. The van der Waals surface area contributed by atoms with E-state index in [-0.39, 0.29) is 0 Å². The molecule has 4 aliphatic carbocycles. The van der Waals surface area contributed by atoms with E-state index in [1.54, 1.807) is 0 Å². The quantitative estimate of drug-likeness (QED) is 0.745. The molecule has 4 fully saturated rings. The molecule has 4 saturated carbocycles. The molecule has 104 valence electrons. The standard InChI is InChI=1S/C17H25NS/c1-3-11(2)15-10-19-16(18-15)17-7-12-4-13(8-17)6-14(5-12)9-17/h10-14H,3-9H2,1-2H3. The topological polar surface area (TPSA) is 12.9 Å². The van der Waals surface area contributed by atoms with Crippen molar-refractivity contribution in [3.05, 3.63) is 16.1 Å². The van der Waals surface area contributed by atoms with E-state index in [2.05, 4.69) is 19.2 Å². The van der Waals surface area contributed by atoms with Gasteiger partial charge in [0, 0.05) is 10.8 Å². The van der Waals surface area contributed by atoms with Crippen LogP contribution in [0.2, 0.25) is 0 Å². The first-order valence-corrected chi connectivity index (χ1v) is 9.02. The summed E-state index contributed by atoms with van der Waals surface area (Å²) < 4.78 is 0. The second-order valence-corrected chi connectivity index (χ2v) is 8.44. The maximum absolute atomic E-state index is 5.09. The maximum Gasteiger partial charge on any atom is 0.0990 e. The van der Waals surface area contributed by atoms with Crippen molar-refractivity contribution in [2.24, 2.45) is 17.8 Å². The summed E-state index contributed by atoms with van der Waals surface area (Å²) in [5.74, 6) is 3.73. The van der Waals surface area contributed by atoms with Crippen molar-refractivity contribution in [3.63, 3.8) is 0 Å². The Kier molecular flexibility index (Phi) is 2.81. The Hall–Kier alpha value is -0.370. The summed E-state index contributed by atoms with van der Waals surface area (Å²) in [4.78, 5) is 5.09. The summed E-state index contributed by atoms with van der Waals surface area (Å²) in [7, 11) is 0. The summed E-state index contributed by atoms with van der Waals surface area (Å²) >= 11 is 1.97. The smallest absolute Gasteiger partial charge is 0.0990 e. The lowest BCUT2D eigenvalue weighted by Gasteiger charge is -2.56. The second-order valence-electron chi connectivity index (χ2n) is 7.58. The third-order valence-corrected chi connectivity index (χ3v) is 7.24. The summed E-state index contributed by atoms with van der Waals surface area (Å²) in [6.45, 7) is 4.59. The molecule has 0 radical (unpaired) electrons. The fraction of sp³-hybridized carbons (Fsp3) is 0.824. The van der Waals surface area contributed by atoms with Gasteiger partial charge in [-0.05, 0) is 68.6 Å². The molecule has 19 heavy (non-hydrogen) atoms. The van der Waals surface area contributed by atoms with Crippen LogP contribution < -0.4 is 0 Å². The highest BCUT2D eigenvalue weighted by Gasteiger charge is 2.52. The SMILES string of the molecule is CCC(C)c1csc(C23CC4CC(CC(C4)C2)C3)n1. The Balaban J connectivity index is 1.66. The first-order chi connectivity index (χ1) is 9.18. The number of rotatable bonds is 3. The highest BCUT2D eigenvalue weighted by molar-refractivity contribution is 7.09. The average Bonchev–Trinajstić information content (AvgIpc) is 2.86. The number of aromatic nitrogens is 1. The molecule has 2 heteroatoms. The fourth-order valence-electron chi connectivity index (χ4n) is 5.34. The van der Waals surface area contributed by atoms with Gasteiger partial charge in [-0.1, -0.05) is 13.8 Å². The van der Waals surface area contributed by atoms with E-state index >= 15 is 0 Å². The van der Waals surface area contributed by atoms with Gasteiger partial charge < -0.3 is 0 Å². The monoisotopic (exact) mass is 275 g/mol. The Morgan fingerprint density at radius 1 is 1.21 bits per heavy atom. The molecule has 1 heterocycles. The van der Waals surface area contributed by atoms with Crippen molar-refractivity contribution < 1.29 is 0 Å². The van der Waals surface area contributed by atoms with Crippen molar-refractivity contribution in [1.29, 1.82) is 0 Å². The van der Waals surface area contributed by atoms with Crippen LogP contribution in [0.1, 0.15) is 75.4 Å². The van der Waals surface area contributed by atoms with E-state index in [1.807, 2.05) is 11.3 Å². The number of hydrogen-bond donors (Lipinski definition) is 0. The van der Waals surface area contributed by atoms with E-state index in [0.29, 0.717) is 11.3 Å². The Morgan fingerprint density at radius 3 is 2.32 bits per heavy atom. The Labute approximate surface area is 120 Å². The van der Waals surface area contributed by atoms with Gasteiger partial charge in [0.05, 0.1) is 10.7 Å². The summed E-state index contributed by atoms with van der Waals surface area (Å²) in [5, 5.41) is 3.85. The van der Waals surface area contributed by atoms with Gasteiger partial charge >= 0.3 is 0 Å². The average molecular weight is 275 g/mol. The van der Waals surface area contributed by atoms with Crippen molar-refractivity contribution in [2.45, 2.75) is 70.1 Å². The number of hydrogen-bond acceptors (Lipinski definition) is 2. The first kappa shape index (κ1) is 12.4. The zero-order valence-electron chi connectivity index (χ0n) is 12.2. The minimum Gasteiger partial charge on any atom is -0.245 e. The van der Waals surface area contributed by atoms with Gasteiger partial charge in [-0.2, -0.15) is 0 Å². The minimum atomic E-state index is 0.505. The molecule has 0 saturated heterocycles. The maximum atomic E-state index is 5.09. The van der Waals surface area contributed by atoms with Crippen molar-refractivity contribution in [2.75, 3.05) is 0 Å². The normalized spacial score (nSPS) is 41.7.